The SMILES string of the molecule is O=C(CSc1ccc(N2CCN(c3ccccc3)CC2)nn1)Nc1ccc(Cl)cc1. The number of anilines is 3. The molecule has 1 fully saturated rings. The Bertz CT molecular complexity index is 961. The molecule has 0 unspecified atom stereocenters. The molecule has 4 rings (SSSR count). The molecule has 6 nitrogen and oxygen atoms in total. The highest BCUT2D eigenvalue weighted by Gasteiger charge is 2.18. The Morgan fingerprint density at radius 2 is 1.60 bits per heavy atom. The van der Waals surface area contributed by atoms with Gasteiger partial charge in [-0.1, -0.05) is 41.6 Å². The van der Waals surface area contributed by atoms with Crippen molar-refractivity contribution >= 4 is 46.5 Å². The van der Waals surface area contributed by atoms with Gasteiger partial charge in [0.25, 0.3) is 0 Å². The molecule has 1 amide bonds. The van der Waals surface area contributed by atoms with Crippen LogP contribution in [0.1, 0.15) is 0 Å². The number of nitrogens with zero attached hydrogens (tertiary/aromatic N) is 4. The van der Waals surface area contributed by atoms with Crippen LogP contribution in [-0.2, 0) is 4.79 Å². The van der Waals surface area contributed by atoms with Gasteiger partial charge < -0.3 is 15.1 Å². The van der Waals surface area contributed by atoms with E-state index in [9.17, 15) is 4.79 Å². The van der Waals surface area contributed by atoms with Crippen molar-refractivity contribution in [2.24, 2.45) is 0 Å². The number of hydrogen-bond donors (Lipinski definition) is 1. The van der Waals surface area contributed by atoms with Crippen molar-refractivity contribution < 1.29 is 4.79 Å². The molecule has 8 heteroatoms. The number of rotatable bonds is 6. The van der Waals surface area contributed by atoms with Gasteiger partial charge in [0, 0.05) is 42.6 Å². The first-order chi connectivity index (χ1) is 14.7. The molecule has 0 radical (unpaired) electrons. The van der Waals surface area contributed by atoms with Crippen LogP contribution >= 0.6 is 23.4 Å². The zero-order chi connectivity index (χ0) is 20.8. The number of aromatic nitrogens is 2. The summed E-state index contributed by atoms with van der Waals surface area (Å²) in [6.45, 7) is 3.71. The number of hydrogen-bond acceptors (Lipinski definition) is 6. The first kappa shape index (κ1) is 20.5. The van der Waals surface area contributed by atoms with E-state index in [1.807, 2.05) is 18.2 Å². The molecule has 1 N–H and O–H groups in total. The van der Waals surface area contributed by atoms with E-state index in [0.717, 1.165) is 42.7 Å². The second-order valence-electron chi connectivity index (χ2n) is 6.88. The average Bonchev–Trinajstić information content (AvgIpc) is 2.80. The van der Waals surface area contributed by atoms with Gasteiger partial charge in [0.2, 0.25) is 5.91 Å². The van der Waals surface area contributed by atoms with E-state index in [-0.39, 0.29) is 11.7 Å². The Kier molecular flexibility index (Phi) is 6.71. The van der Waals surface area contributed by atoms with Crippen LogP contribution in [0.3, 0.4) is 0 Å². The fraction of sp³-hybridized carbons (Fsp3) is 0.227. The highest BCUT2D eigenvalue weighted by molar-refractivity contribution is 7.99. The highest BCUT2D eigenvalue weighted by Crippen LogP contribution is 2.21. The third-order valence-electron chi connectivity index (χ3n) is 4.83. The molecule has 154 valence electrons. The second kappa shape index (κ2) is 9.82. The van der Waals surface area contributed by atoms with Crippen molar-refractivity contribution in [3.63, 3.8) is 0 Å². The lowest BCUT2D eigenvalue weighted by molar-refractivity contribution is -0.113. The van der Waals surface area contributed by atoms with E-state index in [4.69, 9.17) is 11.6 Å². The monoisotopic (exact) mass is 439 g/mol. The van der Waals surface area contributed by atoms with Gasteiger partial charge in [-0.25, -0.2) is 0 Å². The summed E-state index contributed by atoms with van der Waals surface area (Å²) in [5.41, 5.74) is 1.98. The number of benzene rings is 2. The summed E-state index contributed by atoms with van der Waals surface area (Å²) < 4.78 is 0. The molecule has 0 bridgehead atoms. The summed E-state index contributed by atoms with van der Waals surface area (Å²) in [4.78, 5) is 16.7. The molecule has 1 aliphatic heterocycles. The van der Waals surface area contributed by atoms with Crippen LogP contribution < -0.4 is 15.1 Å². The fourth-order valence-corrected chi connectivity index (χ4v) is 4.00. The van der Waals surface area contributed by atoms with E-state index in [1.54, 1.807) is 24.3 Å². The van der Waals surface area contributed by atoms with Gasteiger partial charge in [-0.15, -0.1) is 10.2 Å². The lowest BCUT2D eigenvalue weighted by atomic mass is 10.2. The van der Waals surface area contributed by atoms with E-state index in [0.29, 0.717) is 5.02 Å². The predicted octanol–water partition coefficient (Wildman–Crippen LogP) is 4.19. The molecular weight excluding hydrogens is 418 g/mol. The lowest BCUT2D eigenvalue weighted by Gasteiger charge is -2.36. The molecule has 2 aromatic carbocycles. The van der Waals surface area contributed by atoms with Crippen LogP contribution in [0, 0.1) is 0 Å². The number of carbonyl (C=O) groups excluding carboxylic acids is 1. The van der Waals surface area contributed by atoms with Crippen molar-refractivity contribution in [2.75, 3.05) is 47.0 Å². The van der Waals surface area contributed by atoms with Gasteiger partial charge in [-0.3, -0.25) is 4.79 Å². The summed E-state index contributed by atoms with van der Waals surface area (Å²) in [6.07, 6.45) is 0. The summed E-state index contributed by atoms with van der Waals surface area (Å²) in [7, 11) is 0. The summed E-state index contributed by atoms with van der Waals surface area (Å²) in [5.74, 6) is 1.05. The second-order valence-corrected chi connectivity index (χ2v) is 8.32. The Labute approximate surface area is 185 Å². The quantitative estimate of drug-likeness (QED) is 0.581. The smallest absolute Gasteiger partial charge is 0.234 e. The molecule has 0 spiro atoms. The maximum atomic E-state index is 12.1. The lowest BCUT2D eigenvalue weighted by Crippen LogP contribution is -2.46. The molecule has 1 saturated heterocycles. The van der Waals surface area contributed by atoms with Gasteiger partial charge in [-0.05, 0) is 48.5 Å². The maximum Gasteiger partial charge on any atom is 0.234 e. The summed E-state index contributed by atoms with van der Waals surface area (Å²) in [6, 6.07) is 21.4. The Morgan fingerprint density at radius 1 is 0.900 bits per heavy atom. The van der Waals surface area contributed by atoms with E-state index >= 15 is 0 Å². The molecule has 3 aromatic rings. The number of piperazine rings is 1. The van der Waals surface area contributed by atoms with Gasteiger partial charge in [0.1, 0.15) is 5.03 Å². The Balaban J connectivity index is 1.25. The minimum atomic E-state index is -0.0924. The standard InChI is InChI=1S/C22H22ClN5OS/c23-17-6-8-18(9-7-17)24-21(29)16-30-22-11-10-20(25-26-22)28-14-12-27(13-15-28)19-4-2-1-3-5-19/h1-11H,12-16H2,(H,24,29). The Morgan fingerprint density at radius 3 is 2.27 bits per heavy atom. The first-order valence-corrected chi connectivity index (χ1v) is 11.1. The minimum absolute atomic E-state index is 0.0924. The zero-order valence-corrected chi connectivity index (χ0v) is 17.9. The largest absolute Gasteiger partial charge is 0.368 e. The topological polar surface area (TPSA) is 61.4 Å². The normalized spacial score (nSPS) is 13.9. The van der Waals surface area contributed by atoms with E-state index < -0.39 is 0 Å². The summed E-state index contributed by atoms with van der Waals surface area (Å²) >= 11 is 7.22. The third kappa shape index (κ3) is 5.43. The van der Waals surface area contributed by atoms with E-state index in [1.165, 1.54) is 17.4 Å². The average molecular weight is 440 g/mol. The van der Waals surface area contributed by atoms with Gasteiger partial charge in [0.15, 0.2) is 5.82 Å². The van der Waals surface area contributed by atoms with Crippen LogP contribution in [0.4, 0.5) is 17.2 Å². The van der Waals surface area contributed by atoms with E-state index in [2.05, 4.69) is 49.6 Å². The van der Waals surface area contributed by atoms with Gasteiger partial charge >= 0.3 is 0 Å². The Hall–Kier alpha value is -2.77. The highest BCUT2D eigenvalue weighted by atomic mass is 35.5. The summed E-state index contributed by atoms with van der Waals surface area (Å²) in [5, 5.41) is 12.9. The number of nitrogens with one attached hydrogen (secondary N) is 1. The van der Waals surface area contributed by atoms with Crippen molar-refractivity contribution in [1.29, 1.82) is 0 Å². The molecule has 0 aliphatic carbocycles. The fourth-order valence-electron chi connectivity index (χ4n) is 3.26. The van der Waals surface area contributed by atoms with Gasteiger partial charge in [-0.2, -0.15) is 0 Å². The molecule has 0 atom stereocenters. The van der Waals surface area contributed by atoms with Crippen molar-refractivity contribution in [3.05, 3.63) is 71.8 Å². The molecule has 0 saturated carbocycles. The number of carbonyl (C=O) groups is 1. The third-order valence-corrected chi connectivity index (χ3v) is 6.00. The van der Waals surface area contributed by atoms with Crippen LogP contribution in [0.15, 0.2) is 71.8 Å². The van der Waals surface area contributed by atoms with Crippen molar-refractivity contribution in [2.45, 2.75) is 5.03 Å². The van der Waals surface area contributed by atoms with Gasteiger partial charge in [0.05, 0.1) is 5.75 Å². The first-order valence-electron chi connectivity index (χ1n) is 9.74. The molecular formula is C22H22ClN5OS. The molecule has 2 heterocycles. The number of thioether (sulfide) groups is 1. The molecule has 30 heavy (non-hydrogen) atoms. The predicted molar refractivity (Wildman–Crippen MR) is 124 cm³/mol. The molecule has 1 aliphatic rings. The van der Waals surface area contributed by atoms with Crippen LogP contribution in [0.25, 0.3) is 0 Å². The number of para-hydroxylation sites is 1. The van der Waals surface area contributed by atoms with Crippen molar-refractivity contribution in [3.8, 4) is 0 Å². The minimum Gasteiger partial charge on any atom is -0.368 e. The maximum absolute atomic E-state index is 12.1. The van der Waals surface area contributed by atoms with Crippen LogP contribution in [-0.4, -0.2) is 48.0 Å². The number of halogens is 1. The molecule has 1 aromatic heterocycles. The van der Waals surface area contributed by atoms with Crippen molar-refractivity contribution in [1.82, 2.24) is 10.2 Å². The number of amides is 1. The zero-order valence-electron chi connectivity index (χ0n) is 16.4. The van der Waals surface area contributed by atoms with Crippen LogP contribution in [0.5, 0.6) is 0 Å². The van der Waals surface area contributed by atoms with Crippen LogP contribution in [0.2, 0.25) is 5.02 Å².